The van der Waals surface area contributed by atoms with Crippen molar-refractivity contribution >= 4 is 46.5 Å². The van der Waals surface area contributed by atoms with Gasteiger partial charge in [-0.15, -0.1) is 0 Å². The predicted molar refractivity (Wildman–Crippen MR) is 89.9 cm³/mol. The second-order valence-corrected chi connectivity index (χ2v) is 6.96. The van der Waals surface area contributed by atoms with Crippen LogP contribution in [0.2, 0.25) is 0 Å². The van der Waals surface area contributed by atoms with Crippen LogP contribution < -0.4 is 0 Å². The Hall–Kier alpha value is -1.87. The van der Waals surface area contributed by atoms with Crippen LogP contribution >= 0.6 is 24.0 Å². The van der Waals surface area contributed by atoms with E-state index in [9.17, 15) is 15.3 Å². The first-order valence-corrected chi connectivity index (χ1v) is 7.68. The Kier molecular flexibility index (Phi) is 4.57. The fraction of sp³-hybridized carbons (Fsp3) is 0.385. The molecule has 0 aromatic carbocycles. The summed E-state index contributed by atoms with van der Waals surface area (Å²) in [4.78, 5) is 11.8. The number of nitrogens with zero attached hydrogens (tertiary/aromatic N) is 3. The van der Waals surface area contributed by atoms with Crippen molar-refractivity contribution in [3.63, 3.8) is 0 Å². The Labute approximate surface area is 137 Å². The maximum absolute atomic E-state index is 12.2. The number of nitro groups is 1. The van der Waals surface area contributed by atoms with Crippen molar-refractivity contribution in [2.45, 2.75) is 24.8 Å². The molecule has 1 fully saturated rings. The van der Waals surface area contributed by atoms with Gasteiger partial charge in [0.05, 0.1) is 6.07 Å². The van der Waals surface area contributed by atoms with Gasteiger partial charge in [0, 0.05) is 13.1 Å². The van der Waals surface area contributed by atoms with Crippen LogP contribution in [0.15, 0.2) is 22.6 Å². The van der Waals surface area contributed by atoms with Crippen molar-refractivity contribution in [1.82, 2.24) is 4.90 Å². The van der Waals surface area contributed by atoms with E-state index in [1.54, 1.807) is 0 Å². The molecule has 0 radical (unpaired) electrons. The van der Waals surface area contributed by atoms with E-state index in [1.807, 2.05) is 25.8 Å². The Morgan fingerprint density at radius 2 is 2.14 bits per heavy atom. The number of rotatable bonds is 4. The molecule has 9 heteroatoms. The van der Waals surface area contributed by atoms with E-state index in [-0.39, 0.29) is 11.3 Å². The van der Waals surface area contributed by atoms with Crippen molar-refractivity contribution in [2.24, 2.45) is 0 Å². The first-order chi connectivity index (χ1) is 10.2. The molecule has 0 unspecified atom stereocenters. The van der Waals surface area contributed by atoms with E-state index in [0.29, 0.717) is 10.1 Å². The molecule has 1 aliphatic rings. The molecule has 0 saturated carbocycles. The number of hydrogen-bond acceptors (Lipinski definition) is 6. The molecule has 7 nitrogen and oxygen atoms in total. The lowest BCUT2D eigenvalue weighted by Crippen LogP contribution is -2.46. The van der Waals surface area contributed by atoms with Crippen LogP contribution in [0.3, 0.4) is 0 Å². The maximum Gasteiger partial charge on any atom is 0.433 e. The molecule has 0 amide bonds. The van der Waals surface area contributed by atoms with Gasteiger partial charge in [-0.2, -0.15) is 4.74 Å². The molecule has 0 bridgehead atoms. The zero-order valence-electron chi connectivity index (χ0n) is 12.3. The lowest BCUT2D eigenvalue weighted by atomic mass is 10.0. The fourth-order valence-electron chi connectivity index (χ4n) is 1.91. The van der Waals surface area contributed by atoms with Crippen LogP contribution in [-0.2, 0) is 0 Å². The van der Waals surface area contributed by atoms with E-state index in [0.717, 1.165) is 4.74 Å². The van der Waals surface area contributed by atoms with Crippen LogP contribution in [0.1, 0.15) is 19.6 Å². The molecule has 1 saturated heterocycles. The zero-order valence-corrected chi connectivity index (χ0v) is 13.9. The van der Waals surface area contributed by atoms with Gasteiger partial charge in [-0.25, -0.2) is 0 Å². The Morgan fingerprint density at radius 1 is 1.45 bits per heavy atom. The maximum atomic E-state index is 12.2. The normalized spacial score (nSPS) is 21.8. The smallest absolute Gasteiger partial charge is 0.433 e. The SMILES string of the molecule is CN1C(=S)S[C@@H](/[N+]([O-])=C\C=C\c2ccc([N+](=O)[O-])o2)C1(C)C. The van der Waals surface area contributed by atoms with Crippen molar-refractivity contribution in [1.29, 1.82) is 0 Å². The predicted octanol–water partition coefficient (Wildman–Crippen LogP) is 2.85. The summed E-state index contributed by atoms with van der Waals surface area (Å²) in [5.41, 5.74) is -0.392. The third-order valence-electron chi connectivity index (χ3n) is 3.47. The fourth-order valence-corrected chi connectivity index (χ4v) is 3.63. The van der Waals surface area contributed by atoms with Crippen LogP contribution in [-0.4, -0.2) is 43.1 Å². The second-order valence-electron chi connectivity index (χ2n) is 5.25. The molecule has 118 valence electrons. The van der Waals surface area contributed by atoms with Crippen LogP contribution in [0.4, 0.5) is 5.88 Å². The van der Waals surface area contributed by atoms with Crippen LogP contribution in [0, 0.1) is 15.3 Å². The minimum absolute atomic E-state index is 0.308. The van der Waals surface area contributed by atoms with Crippen molar-refractivity contribution in [2.75, 3.05) is 7.05 Å². The van der Waals surface area contributed by atoms with Gasteiger partial charge < -0.3 is 14.5 Å². The van der Waals surface area contributed by atoms with Gasteiger partial charge in [0.1, 0.15) is 20.5 Å². The summed E-state index contributed by atoms with van der Waals surface area (Å²) in [7, 11) is 1.86. The van der Waals surface area contributed by atoms with E-state index >= 15 is 0 Å². The van der Waals surface area contributed by atoms with Gasteiger partial charge in [-0.1, -0.05) is 12.2 Å². The van der Waals surface area contributed by atoms with Gasteiger partial charge in [-0.05, 0) is 37.8 Å². The molecule has 0 aliphatic carbocycles. The van der Waals surface area contributed by atoms with Gasteiger partial charge in [0.2, 0.25) is 5.37 Å². The number of hydrogen-bond donors (Lipinski definition) is 0. The quantitative estimate of drug-likeness (QED) is 0.208. The van der Waals surface area contributed by atoms with E-state index in [2.05, 4.69) is 0 Å². The molecule has 0 N–H and O–H groups in total. The lowest BCUT2D eigenvalue weighted by molar-refractivity contribution is -0.480. The monoisotopic (exact) mass is 341 g/mol. The Bertz CT molecular complexity index is 666. The standard InChI is InChI=1S/C13H15N3O4S2/c1-13(2)11(22-12(21)14(13)3)15(17)8-4-5-9-6-7-10(20-9)16(18)19/h4-8,11H,1-3H3/b5-4+,15-8+/t11-/m1/s1. The number of furan rings is 1. The lowest BCUT2D eigenvalue weighted by Gasteiger charge is -2.30. The summed E-state index contributed by atoms with van der Waals surface area (Å²) in [5.74, 6) is -0.0274. The highest BCUT2D eigenvalue weighted by atomic mass is 32.2. The topological polar surface area (TPSA) is 85.6 Å². The first-order valence-electron chi connectivity index (χ1n) is 6.39. The largest absolute Gasteiger partial charge is 0.623 e. The molecule has 1 aromatic heterocycles. The van der Waals surface area contributed by atoms with E-state index in [4.69, 9.17) is 16.6 Å². The number of thiocarbonyl (C=S) groups is 1. The van der Waals surface area contributed by atoms with Gasteiger partial charge >= 0.3 is 5.88 Å². The Morgan fingerprint density at radius 3 is 2.64 bits per heavy atom. The highest BCUT2D eigenvalue weighted by Gasteiger charge is 2.48. The molecular formula is C13H15N3O4S2. The van der Waals surface area contributed by atoms with Gasteiger partial charge in [0.15, 0.2) is 6.21 Å². The summed E-state index contributed by atoms with van der Waals surface area (Å²) >= 11 is 6.55. The van der Waals surface area contributed by atoms with Crippen molar-refractivity contribution in [3.8, 4) is 0 Å². The number of thioether (sulfide) groups is 1. The molecule has 2 rings (SSSR count). The third-order valence-corrected chi connectivity index (χ3v) is 5.52. The third kappa shape index (κ3) is 3.14. The summed E-state index contributed by atoms with van der Waals surface area (Å²) in [6.07, 6.45) is 4.34. The summed E-state index contributed by atoms with van der Waals surface area (Å²) in [5, 5.41) is 22.4. The molecule has 1 aliphatic heterocycles. The minimum atomic E-state index is -0.616. The molecule has 22 heavy (non-hydrogen) atoms. The minimum Gasteiger partial charge on any atom is -0.623 e. The number of allylic oxidation sites excluding steroid dienone is 1. The van der Waals surface area contributed by atoms with Crippen LogP contribution in [0.5, 0.6) is 0 Å². The van der Waals surface area contributed by atoms with Crippen molar-refractivity contribution in [3.05, 3.63) is 39.3 Å². The number of hydroxylamine groups is 1. The summed E-state index contributed by atoms with van der Waals surface area (Å²) in [6, 6.07) is 2.73. The number of likely N-dealkylation sites (N-methyl/N-ethyl adjacent to an activating group) is 1. The summed E-state index contributed by atoms with van der Waals surface area (Å²) in [6.45, 7) is 3.89. The van der Waals surface area contributed by atoms with Crippen molar-refractivity contribution < 1.29 is 14.1 Å². The highest BCUT2D eigenvalue weighted by Crippen LogP contribution is 2.38. The molecule has 1 atom stereocenters. The van der Waals surface area contributed by atoms with Gasteiger partial charge in [-0.3, -0.25) is 10.1 Å². The first kappa shape index (κ1) is 16.5. The average molecular weight is 341 g/mol. The molecule has 2 heterocycles. The van der Waals surface area contributed by atoms with Gasteiger partial charge in [0.25, 0.3) is 0 Å². The van der Waals surface area contributed by atoms with E-state index < -0.39 is 10.5 Å². The zero-order chi connectivity index (χ0) is 16.5. The average Bonchev–Trinajstić information content (AvgIpc) is 2.98. The molecule has 1 aromatic rings. The molecule has 0 spiro atoms. The van der Waals surface area contributed by atoms with E-state index in [1.165, 1.54) is 42.3 Å². The summed E-state index contributed by atoms with van der Waals surface area (Å²) < 4.78 is 6.47. The van der Waals surface area contributed by atoms with Crippen LogP contribution in [0.25, 0.3) is 6.08 Å². The Balaban J connectivity index is 2.11. The highest BCUT2D eigenvalue weighted by molar-refractivity contribution is 8.23. The second kappa shape index (κ2) is 6.09. The molecular weight excluding hydrogens is 326 g/mol.